The standard InChI is InChI=1S/C23H22FNO5S/c1-11(2)30-23(29)19-16(12-5-7-15(24)8-6-12)10-31-21(19)25-20(26)17-13-3-4-14(9-13)18(17)22(27)28/h3-8,10-11,13-14,17-18H,9H2,1-2H3,(H,25,26)(H,27,28)/t13-,14-,17-,18-/m0/s1. The lowest BCUT2D eigenvalue weighted by molar-refractivity contribution is -0.146. The molecule has 0 unspecified atom stereocenters. The van der Waals surface area contributed by atoms with Crippen molar-refractivity contribution in [1.82, 2.24) is 0 Å². The molecule has 0 spiro atoms. The van der Waals surface area contributed by atoms with E-state index in [0.29, 0.717) is 22.5 Å². The maximum Gasteiger partial charge on any atom is 0.342 e. The zero-order chi connectivity index (χ0) is 22.3. The van der Waals surface area contributed by atoms with Crippen molar-refractivity contribution < 1.29 is 28.6 Å². The largest absolute Gasteiger partial charge is 0.481 e. The molecule has 6 nitrogen and oxygen atoms in total. The van der Waals surface area contributed by atoms with Crippen LogP contribution in [-0.4, -0.2) is 29.1 Å². The lowest BCUT2D eigenvalue weighted by Gasteiger charge is -2.23. The van der Waals surface area contributed by atoms with E-state index in [-0.39, 0.29) is 23.5 Å². The molecule has 1 fully saturated rings. The predicted octanol–water partition coefficient (Wildman–Crippen LogP) is 4.58. The van der Waals surface area contributed by atoms with Gasteiger partial charge in [0.15, 0.2) is 0 Å². The number of carbonyl (C=O) groups is 3. The molecule has 1 saturated carbocycles. The minimum atomic E-state index is -0.991. The summed E-state index contributed by atoms with van der Waals surface area (Å²) in [4.78, 5) is 37.7. The van der Waals surface area contributed by atoms with Crippen molar-refractivity contribution in [2.45, 2.75) is 26.4 Å². The molecule has 162 valence electrons. The van der Waals surface area contributed by atoms with Crippen LogP contribution in [-0.2, 0) is 14.3 Å². The topological polar surface area (TPSA) is 92.7 Å². The smallest absolute Gasteiger partial charge is 0.342 e. The van der Waals surface area contributed by atoms with Crippen molar-refractivity contribution in [3.05, 3.63) is 53.2 Å². The second-order valence-corrected chi connectivity index (χ2v) is 9.02. The highest BCUT2D eigenvalue weighted by Gasteiger charge is 2.51. The Morgan fingerprint density at radius 3 is 2.39 bits per heavy atom. The highest BCUT2D eigenvalue weighted by atomic mass is 32.1. The SMILES string of the molecule is CC(C)OC(=O)c1c(-c2ccc(F)cc2)csc1NC(=O)[C@@H]1[C@@H](C(=O)O)[C@H]2C=C[C@H]1C2. The van der Waals surface area contributed by atoms with Crippen molar-refractivity contribution in [2.24, 2.45) is 23.7 Å². The molecule has 1 aromatic carbocycles. The van der Waals surface area contributed by atoms with E-state index in [1.54, 1.807) is 31.4 Å². The molecule has 1 aromatic heterocycles. The second kappa shape index (κ2) is 8.26. The number of anilines is 1. The Morgan fingerprint density at radius 1 is 1.13 bits per heavy atom. The summed E-state index contributed by atoms with van der Waals surface area (Å²) in [5.74, 6) is -4.17. The first-order valence-corrected chi connectivity index (χ1v) is 10.9. The Hall–Kier alpha value is -3.00. The van der Waals surface area contributed by atoms with Gasteiger partial charge in [0.25, 0.3) is 0 Å². The zero-order valence-corrected chi connectivity index (χ0v) is 17.8. The lowest BCUT2D eigenvalue weighted by Crippen LogP contribution is -2.36. The van der Waals surface area contributed by atoms with Crippen LogP contribution in [0.4, 0.5) is 9.39 Å². The summed E-state index contributed by atoms with van der Waals surface area (Å²) < 4.78 is 18.7. The third-order valence-corrected chi connectivity index (χ3v) is 6.67. The van der Waals surface area contributed by atoms with Gasteiger partial charge in [-0.05, 0) is 49.8 Å². The highest BCUT2D eigenvalue weighted by Crippen LogP contribution is 2.49. The molecule has 2 bridgehead atoms. The molecule has 2 aliphatic carbocycles. The van der Waals surface area contributed by atoms with Gasteiger partial charge in [-0.1, -0.05) is 24.3 Å². The first-order chi connectivity index (χ1) is 14.8. The van der Waals surface area contributed by atoms with Gasteiger partial charge in [0.1, 0.15) is 16.4 Å². The van der Waals surface area contributed by atoms with E-state index in [0.717, 1.165) is 11.3 Å². The number of allylic oxidation sites excluding steroid dienone is 2. The fraction of sp³-hybridized carbons (Fsp3) is 0.348. The molecule has 2 aromatic rings. The molecule has 31 heavy (non-hydrogen) atoms. The first-order valence-electron chi connectivity index (χ1n) is 10.1. The fourth-order valence-corrected chi connectivity index (χ4v) is 5.44. The van der Waals surface area contributed by atoms with Gasteiger partial charge in [-0.15, -0.1) is 11.3 Å². The Morgan fingerprint density at radius 2 is 1.77 bits per heavy atom. The molecule has 1 heterocycles. The van der Waals surface area contributed by atoms with Crippen LogP contribution >= 0.6 is 11.3 Å². The number of carbonyl (C=O) groups excluding carboxylic acids is 2. The highest BCUT2D eigenvalue weighted by molar-refractivity contribution is 7.15. The molecule has 2 N–H and O–H groups in total. The van der Waals surface area contributed by atoms with Gasteiger partial charge in [-0.3, -0.25) is 9.59 Å². The number of aliphatic carboxylic acids is 1. The number of fused-ring (bicyclic) bond motifs is 2. The number of carboxylic acids is 1. The Labute approximate surface area is 182 Å². The average molecular weight is 443 g/mol. The molecule has 4 rings (SSSR count). The van der Waals surface area contributed by atoms with Crippen LogP contribution in [0.25, 0.3) is 11.1 Å². The maximum atomic E-state index is 13.4. The van der Waals surface area contributed by atoms with E-state index in [2.05, 4.69) is 5.32 Å². The number of benzene rings is 1. The molecule has 0 radical (unpaired) electrons. The Balaban J connectivity index is 1.67. The number of carboxylic acid groups (broad SMARTS) is 1. The Kier molecular flexibility index (Phi) is 5.66. The van der Waals surface area contributed by atoms with Gasteiger partial charge in [-0.2, -0.15) is 0 Å². The van der Waals surface area contributed by atoms with Crippen LogP contribution in [0.15, 0.2) is 41.8 Å². The molecular weight excluding hydrogens is 421 g/mol. The van der Waals surface area contributed by atoms with E-state index >= 15 is 0 Å². The quantitative estimate of drug-likeness (QED) is 0.504. The monoisotopic (exact) mass is 443 g/mol. The van der Waals surface area contributed by atoms with E-state index in [1.165, 1.54) is 12.1 Å². The van der Waals surface area contributed by atoms with Gasteiger partial charge < -0.3 is 15.2 Å². The minimum Gasteiger partial charge on any atom is -0.481 e. The molecule has 8 heteroatoms. The molecule has 0 saturated heterocycles. The van der Waals surface area contributed by atoms with Crippen LogP contribution in [0, 0.1) is 29.5 Å². The first kappa shape index (κ1) is 21.2. The maximum absolute atomic E-state index is 13.4. The molecule has 0 aliphatic heterocycles. The van der Waals surface area contributed by atoms with Crippen molar-refractivity contribution in [2.75, 3.05) is 5.32 Å². The lowest BCUT2D eigenvalue weighted by atomic mass is 9.82. The molecular formula is C23H22FNO5S. The van der Waals surface area contributed by atoms with Gasteiger partial charge in [0.05, 0.1) is 17.9 Å². The van der Waals surface area contributed by atoms with E-state index in [9.17, 15) is 23.9 Å². The van der Waals surface area contributed by atoms with Gasteiger partial charge in [-0.25, -0.2) is 9.18 Å². The molecule has 4 atom stereocenters. The van der Waals surface area contributed by atoms with E-state index in [4.69, 9.17) is 4.74 Å². The van der Waals surface area contributed by atoms with Crippen molar-refractivity contribution in [3.63, 3.8) is 0 Å². The third-order valence-electron chi connectivity index (χ3n) is 5.78. The summed E-state index contributed by atoms with van der Waals surface area (Å²) in [5.41, 5.74) is 1.32. The number of rotatable bonds is 6. The second-order valence-electron chi connectivity index (χ2n) is 8.14. The molecule has 1 amide bonds. The van der Waals surface area contributed by atoms with Crippen molar-refractivity contribution in [3.8, 4) is 11.1 Å². The number of thiophene rings is 1. The number of hydrogen-bond acceptors (Lipinski definition) is 5. The van der Waals surface area contributed by atoms with Crippen molar-refractivity contribution >= 4 is 34.2 Å². The number of ether oxygens (including phenoxy) is 1. The summed E-state index contributed by atoms with van der Waals surface area (Å²) in [5, 5.41) is 14.4. The van der Waals surface area contributed by atoms with Gasteiger partial charge in [0.2, 0.25) is 5.91 Å². The number of amides is 1. The van der Waals surface area contributed by atoms with Gasteiger partial charge in [0, 0.05) is 10.9 Å². The minimum absolute atomic E-state index is 0.131. The summed E-state index contributed by atoms with van der Waals surface area (Å²) in [6.07, 6.45) is 4.05. The normalized spacial score (nSPS) is 23.9. The summed E-state index contributed by atoms with van der Waals surface area (Å²) in [6, 6.07) is 5.69. The number of halogens is 1. The summed E-state index contributed by atoms with van der Waals surface area (Å²) in [7, 11) is 0. The van der Waals surface area contributed by atoms with Crippen LogP contribution in [0.1, 0.15) is 30.6 Å². The number of esters is 1. The average Bonchev–Trinajstić information content (AvgIpc) is 3.42. The number of hydrogen-bond donors (Lipinski definition) is 2. The third kappa shape index (κ3) is 3.99. The summed E-state index contributed by atoms with van der Waals surface area (Å²) >= 11 is 1.16. The van der Waals surface area contributed by atoms with Crippen LogP contribution in [0.5, 0.6) is 0 Å². The van der Waals surface area contributed by atoms with E-state index < -0.39 is 35.5 Å². The number of nitrogens with one attached hydrogen (secondary N) is 1. The Bertz CT molecular complexity index is 1060. The van der Waals surface area contributed by atoms with Crippen molar-refractivity contribution in [1.29, 1.82) is 0 Å². The molecule has 2 aliphatic rings. The van der Waals surface area contributed by atoms with Crippen LogP contribution in [0.2, 0.25) is 0 Å². The van der Waals surface area contributed by atoms with Crippen LogP contribution < -0.4 is 5.32 Å². The predicted molar refractivity (Wildman–Crippen MR) is 114 cm³/mol. The van der Waals surface area contributed by atoms with E-state index in [1.807, 2.05) is 12.2 Å². The van der Waals surface area contributed by atoms with Crippen LogP contribution in [0.3, 0.4) is 0 Å². The zero-order valence-electron chi connectivity index (χ0n) is 17.0. The fourth-order valence-electron chi connectivity index (χ4n) is 4.48. The summed E-state index contributed by atoms with van der Waals surface area (Å²) in [6.45, 7) is 3.44. The van der Waals surface area contributed by atoms with Gasteiger partial charge >= 0.3 is 11.9 Å².